The average molecular weight is 607 g/mol. The van der Waals surface area contributed by atoms with Crippen molar-refractivity contribution in [2.45, 2.75) is 95.4 Å². The molecule has 0 radical (unpaired) electrons. The van der Waals surface area contributed by atoms with Gasteiger partial charge in [-0.15, -0.1) is 10.2 Å². The van der Waals surface area contributed by atoms with Crippen LogP contribution in [0.15, 0.2) is 29.4 Å². The number of nitrogens with zero attached hydrogens (tertiary/aromatic N) is 3. The summed E-state index contributed by atoms with van der Waals surface area (Å²) in [4.78, 5) is 47.8. The number of carbonyl (C=O) groups is 4. The minimum atomic E-state index is -1.17. The number of rotatable bonds is 10. The third-order valence-corrected chi connectivity index (χ3v) is 7.51. The van der Waals surface area contributed by atoms with Crippen molar-refractivity contribution in [3.05, 3.63) is 35.7 Å². The molecule has 0 bridgehead atoms. The molecule has 0 spiro atoms. The SMILES string of the molecule is CC(=O)N[C@H]1[C@@H](OC(C)=O)[C@@H](OC(C)=O)[C@@H](COC(C)=O)O[C@H]1Sc1nnc(COc2ccc(C(C)(C)C)cc2)n1C. The number of benzene rings is 1. The second-order valence-electron chi connectivity index (χ2n) is 10.9. The van der Waals surface area contributed by atoms with E-state index in [2.05, 4.69) is 36.3 Å². The number of amides is 1. The molecular weight excluding hydrogens is 568 g/mol. The van der Waals surface area contributed by atoms with Gasteiger partial charge in [0.2, 0.25) is 5.91 Å². The van der Waals surface area contributed by atoms with Crippen LogP contribution >= 0.6 is 11.8 Å². The fraction of sp³-hybridized carbons (Fsp3) is 0.571. The summed E-state index contributed by atoms with van der Waals surface area (Å²) in [5, 5.41) is 11.7. The Labute approximate surface area is 248 Å². The van der Waals surface area contributed by atoms with Gasteiger partial charge in [0.25, 0.3) is 0 Å². The number of thioether (sulfide) groups is 1. The molecule has 1 saturated heterocycles. The van der Waals surface area contributed by atoms with E-state index in [0.29, 0.717) is 16.7 Å². The Morgan fingerprint density at radius 3 is 2.12 bits per heavy atom. The minimum Gasteiger partial charge on any atom is -0.486 e. The number of carbonyl (C=O) groups excluding carboxylic acids is 4. The van der Waals surface area contributed by atoms with Crippen LogP contribution in [-0.2, 0) is 57.2 Å². The van der Waals surface area contributed by atoms with Crippen LogP contribution < -0.4 is 10.1 Å². The van der Waals surface area contributed by atoms with Crippen LogP contribution in [0, 0.1) is 0 Å². The lowest BCUT2D eigenvalue weighted by molar-refractivity contribution is -0.211. The molecule has 13 nitrogen and oxygen atoms in total. The molecule has 3 rings (SSSR count). The molecule has 1 N–H and O–H groups in total. The maximum absolute atomic E-state index is 12.2. The Morgan fingerprint density at radius 2 is 1.57 bits per heavy atom. The highest BCUT2D eigenvalue weighted by molar-refractivity contribution is 7.99. The largest absolute Gasteiger partial charge is 0.486 e. The first-order chi connectivity index (χ1) is 19.6. The van der Waals surface area contributed by atoms with Gasteiger partial charge in [-0.05, 0) is 23.1 Å². The van der Waals surface area contributed by atoms with Crippen molar-refractivity contribution in [2.75, 3.05) is 6.61 Å². The number of hydrogen-bond acceptors (Lipinski definition) is 12. The van der Waals surface area contributed by atoms with Crippen molar-refractivity contribution in [1.29, 1.82) is 0 Å². The van der Waals surface area contributed by atoms with Crippen molar-refractivity contribution < 1.29 is 42.9 Å². The number of nitrogens with one attached hydrogen (secondary N) is 1. The zero-order chi connectivity index (χ0) is 31.2. The minimum absolute atomic E-state index is 0.0222. The molecule has 0 unspecified atom stereocenters. The van der Waals surface area contributed by atoms with Crippen LogP contribution in [0.5, 0.6) is 5.75 Å². The van der Waals surface area contributed by atoms with E-state index in [-0.39, 0.29) is 18.6 Å². The van der Waals surface area contributed by atoms with Crippen LogP contribution in [0.2, 0.25) is 0 Å². The topological polar surface area (TPSA) is 157 Å². The monoisotopic (exact) mass is 606 g/mol. The second kappa shape index (κ2) is 14.0. The van der Waals surface area contributed by atoms with Gasteiger partial charge in [-0.3, -0.25) is 19.2 Å². The maximum atomic E-state index is 12.2. The smallest absolute Gasteiger partial charge is 0.303 e. The predicted molar refractivity (Wildman–Crippen MR) is 150 cm³/mol. The van der Waals surface area contributed by atoms with Gasteiger partial charge in [0, 0.05) is 34.7 Å². The second-order valence-corrected chi connectivity index (χ2v) is 11.9. The Hall–Kier alpha value is -3.65. The van der Waals surface area contributed by atoms with Gasteiger partial charge >= 0.3 is 17.9 Å². The highest BCUT2D eigenvalue weighted by Gasteiger charge is 2.51. The van der Waals surface area contributed by atoms with Crippen LogP contribution in [0.25, 0.3) is 0 Å². The van der Waals surface area contributed by atoms with Crippen LogP contribution in [-0.4, -0.2) is 75.0 Å². The van der Waals surface area contributed by atoms with Crippen molar-refractivity contribution >= 4 is 35.6 Å². The molecular formula is C28H38N4O9S. The van der Waals surface area contributed by atoms with Gasteiger partial charge in [0.05, 0.1) is 0 Å². The molecule has 1 amide bonds. The average Bonchev–Trinajstić information content (AvgIpc) is 3.22. The van der Waals surface area contributed by atoms with E-state index in [4.69, 9.17) is 23.7 Å². The summed E-state index contributed by atoms with van der Waals surface area (Å²) in [6, 6.07) is 6.87. The van der Waals surface area contributed by atoms with Crippen LogP contribution in [0.1, 0.15) is 59.9 Å². The molecule has 5 atom stereocenters. The zero-order valence-electron chi connectivity index (χ0n) is 25.0. The van der Waals surface area contributed by atoms with Gasteiger partial charge in [0.15, 0.2) is 23.2 Å². The van der Waals surface area contributed by atoms with Crippen LogP contribution in [0.3, 0.4) is 0 Å². The Kier molecular flexibility index (Phi) is 11.0. The molecule has 1 aromatic carbocycles. The number of hydrogen-bond donors (Lipinski definition) is 1. The quantitative estimate of drug-likeness (QED) is 0.312. The number of ether oxygens (including phenoxy) is 5. The van der Waals surface area contributed by atoms with Crippen molar-refractivity contribution in [1.82, 2.24) is 20.1 Å². The Bertz CT molecular complexity index is 1280. The Balaban J connectivity index is 1.85. The van der Waals surface area contributed by atoms with E-state index in [1.807, 2.05) is 24.3 Å². The molecule has 1 aliphatic heterocycles. The van der Waals surface area contributed by atoms with Gasteiger partial charge in [0.1, 0.15) is 36.5 Å². The third kappa shape index (κ3) is 8.92. The van der Waals surface area contributed by atoms with Crippen LogP contribution in [0.4, 0.5) is 0 Å². The fourth-order valence-electron chi connectivity index (χ4n) is 4.27. The van der Waals surface area contributed by atoms with E-state index >= 15 is 0 Å². The molecule has 0 aliphatic carbocycles. The lowest BCUT2D eigenvalue weighted by Gasteiger charge is -2.44. The highest BCUT2D eigenvalue weighted by atomic mass is 32.2. The molecule has 0 saturated carbocycles. The van der Waals surface area contributed by atoms with Crippen molar-refractivity contribution in [2.24, 2.45) is 7.05 Å². The van der Waals surface area contributed by atoms with E-state index in [1.165, 1.54) is 33.3 Å². The first-order valence-corrected chi connectivity index (χ1v) is 14.2. The standard InChI is InChI=1S/C28H38N4O9S/c1-15(33)29-23-25(40-18(4)36)24(39-17(3)35)21(13-37-16(2)34)41-26(23)42-27-31-30-22(32(27)8)14-38-20-11-9-19(10-12-20)28(5,6)7/h9-12,21,23-26H,13-14H2,1-8H3,(H,29,33)/t21-,23+,24+,25-,26+/m1/s1. The predicted octanol–water partition coefficient (Wildman–Crippen LogP) is 2.44. The summed E-state index contributed by atoms with van der Waals surface area (Å²) in [5.41, 5.74) is 0.296. The van der Waals surface area contributed by atoms with E-state index in [0.717, 1.165) is 11.8 Å². The van der Waals surface area contributed by atoms with Gasteiger partial charge in [-0.2, -0.15) is 0 Å². The van der Waals surface area contributed by atoms with Crippen molar-refractivity contribution in [3.63, 3.8) is 0 Å². The summed E-state index contributed by atoms with van der Waals surface area (Å²) in [6.45, 7) is 11.2. The molecule has 1 fully saturated rings. The van der Waals surface area contributed by atoms with E-state index in [9.17, 15) is 19.2 Å². The van der Waals surface area contributed by atoms with Crippen molar-refractivity contribution in [3.8, 4) is 5.75 Å². The molecule has 42 heavy (non-hydrogen) atoms. The molecule has 2 aromatic rings. The first kappa shape index (κ1) is 32.9. The number of aromatic nitrogens is 3. The number of esters is 3. The summed E-state index contributed by atoms with van der Waals surface area (Å²) >= 11 is 1.10. The lowest BCUT2D eigenvalue weighted by Crippen LogP contribution is -2.65. The van der Waals surface area contributed by atoms with Gasteiger partial charge < -0.3 is 33.6 Å². The molecule has 14 heteroatoms. The Morgan fingerprint density at radius 1 is 0.952 bits per heavy atom. The molecule has 230 valence electrons. The molecule has 1 aromatic heterocycles. The molecule has 1 aliphatic rings. The first-order valence-electron chi connectivity index (χ1n) is 13.3. The highest BCUT2D eigenvalue weighted by Crippen LogP contribution is 2.35. The van der Waals surface area contributed by atoms with E-state index in [1.54, 1.807) is 11.6 Å². The summed E-state index contributed by atoms with van der Waals surface area (Å²) in [5.74, 6) is -1.16. The third-order valence-electron chi connectivity index (χ3n) is 6.31. The normalized spacial score (nSPS) is 22.1. The van der Waals surface area contributed by atoms with Gasteiger partial charge in [-0.25, -0.2) is 0 Å². The summed E-state index contributed by atoms with van der Waals surface area (Å²) in [7, 11) is 1.75. The maximum Gasteiger partial charge on any atom is 0.303 e. The lowest BCUT2D eigenvalue weighted by atomic mass is 9.87. The zero-order valence-corrected chi connectivity index (χ0v) is 25.9. The van der Waals surface area contributed by atoms with E-state index < -0.39 is 53.6 Å². The molecule has 2 heterocycles. The fourth-order valence-corrected chi connectivity index (χ4v) is 5.39. The summed E-state index contributed by atoms with van der Waals surface area (Å²) < 4.78 is 30.0. The summed E-state index contributed by atoms with van der Waals surface area (Å²) in [6.07, 6.45) is -3.35. The van der Waals surface area contributed by atoms with Gasteiger partial charge in [-0.1, -0.05) is 44.7 Å².